The predicted molar refractivity (Wildman–Crippen MR) is 172 cm³/mol. The van der Waals surface area contributed by atoms with E-state index in [-0.39, 0.29) is 24.9 Å². The summed E-state index contributed by atoms with van der Waals surface area (Å²) >= 11 is 0. The monoisotopic (exact) mass is 601 g/mol. The Labute approximate surface area is 254 Å². The molecule has 8 nitrogen and oxygen atoms in total. The van der Waals surface area contributed by atoms with Crippen LogP contribution in [0.1, 0.15) is 31.4 Å². The third-order valence-corrected chi connectivity index (χ3v) is 8.60. The molecule has 2 atom stereocenters. The zero-order valence-electron chi connectivity index (χ0n) is 25.1. The summed E-state index contributed by atoms with van der Waals surface area (Å²) in [5.74, 6) is -0.186. The molecule has 0 saturated heterocycles. The number of anilines is 1. The summed E-state index contributed by atoms with van der Waals surface area (Å²) in [6.45, 7) is 3.50. The summed E-state index contributed by atoms with van der Waals surface area (Å²) in [6, 6.07) is 28.6. The molecule has 4 aromatic rings. The van der Waals surface area contributed by atoms with Crippen LogP contribution < -0.4 is 14.4 Å². The molecule has 0 unspecified atom stereocenters. The van der Waals surface area contributed by atoms with Gasteiger partial charge in [-0.3, -0.25) is 13.9 Å². The van der Waals surface area contributed by atoms with Gasteiger partial charge in [0.05, 0.1) is 19.1 Å². The largest absolute Gasteiger partial charge is 0.497 e. The lowest BCUT2D eigenvalue weighted by Crippen LogP contribution is -2.54. The standard InChI is InChI=1S/C34H39N3O5S/c1-5-25(2)35-34(39)32(22-26-13-7-6-8-14-26)36(23-27-15-11-18-29(21-27)42-3)33(38)24-37(43(4,40)41)31-20-12-17-28-16-9-10-19-30(28)31/h6-21,25,32H,5,22-24H2,1-4H3,(H,35,39)/t25-,32-/m1/s1. The number of carbonyl (C=O) groups excluding carboxylic acids is 2. The Morgan fingerprint density at radius 3 is 2.23 bits per heavy atom. The van der Waals surface area contributed by atoms with Crippen molar-refractivity contribution in [2.75, 3.05) is 24.2 Å². The van der Waals surface area contributed by atoms with Crippen LogP contribution in [-0.2, 0) is 32.6 Å². The van der Waals surface area contributed by atoms with Crippen LogP contribution in [0.15, 0.2) is 97.1 Å². The third kappa shape index (κ3) is 8.14. The topological polar surface area (TPSA) is 96.0 Å². The maximum absolute atomic E-state index is 14.4. The van der Waals surface area contributed by atoms with Gasteiger partial charge in [0, 0.05) is 24.4 Å². The van der Waals surface area contributed by atoms with Gasteiger partial charge in [-0.05, 0) is 48.1 Å². The maximum atomic E-state index is 14.4. The number of sulfonamides is 1. The van der Waals surface area contributed by atoms with Crippen molar-refractivity contribution in [3.63, 3.8) is 0 Å². The fourth-order valence-electron chi connectivity index (χ4n) is 4.98. The quantitative estimate of drug-likeness (QED) is 0.228. The van der Waals surface area contributed by atoms with Gasteiger partial charge in [-0.15, -0.1) is 0 Å². The maximum Gasteiger partial charge on any atom is 0.244 e. The number of hydrogen-bond donors (Lipinski definition) is 1. The minimum Gasteiger partial charge on any atom is -0.497 e. The molecular formula is C34H39N3O5S. The van der Waals surface area contributed by atoms with Crippen molar-refractivity contribution in [1.29, 1.82) is 0 Å². The van der Waals surface area contributed by atoms with E-state index in [2.05, 4.69) is 5.32 Å². The molecule has 0 bridgehead atoms. The van der Waals surface area contributed by atoms with Gasteiger partial charge in [0.15, 0.2) is 0 Å². The summed E-state index contributed by atoms with van der Waals surface area (Å²) < 4.78 is 33.0. The number of benzene rings is 4. The highest BCUT2D eigenvalue weighted by molar-refractivity contribution is 7.92. The van der Waals surface area contributed by atoms with Gasteiger partial charge in [-0.1, -0.05) is 85.8 Å². The van der Waals surface area contributed by atoms with E-state index in [0.29, 0.717) is 16.8 Å². The molecule has 0 spiro atoms. The van der Waals surface area contributed by atoms with Crippen molar-refractivity contribution in [3.05, 3.63) is 108 Å². The van der Waals surface area contributed by atoms with Crippen LogP contribution in [0.25, 0.3) is 10.8 Å². The van der Waals surface area contributed by atoms with Crippen LogP contribution in [0, 0.1) is 0 Å². The van der Waals surface area contributed by atoms with Crippen molar-refractivity contribution in [1.82, 2.24) is 10.2 Å². The molecule has 0 aromatic heterocycles. The first-order valence-corrected chi connectivity index (χ1v) is 16.2. The smallest absolute Gasteiger partial charge is 0.244 e. The van der Waals surface area contributed by atoms with E-state index in [1.807, 2.05) is 92.7 Å². The minimum absolute atomic E-state index is 0.0780. The van der Waals surface area contributed by atoms with Gasteiger partial charge in [-0.2, -0.15) is 0 Å². The van der Waals surface area contributed by atoms with E-state index in [9.17, 15) is 18.0 Å². The number of amides is 2. The fraction of sp³-hybridized carbons (Fsp3) is 0.294. The Balaban J connectivity index is 1.79. The molecule has 2 amide bonds. The van der Waals surface area contributed by atoms with Crippen LogP contribution in [0.5, 0.6) is 5.75 Å². The first-order valence-electron chi connectivity index (χ1n) is 14.3. The molecule has 1 N–H and O–H groups in total. The van der Waals surface area contributed by atoms with Crippen molar-refractivity contribution >= 4 is 38.3 Å². The number of carbonyl (C=O) groups is 2. The summed E-state index contributed by atoms with van der Waals surface area (Å²) in [7, 11) is -2.32. The second-order valence-electron chi connectivity index (χ2n) is 10.7. The zero-order chi connectivity index (χ0) is 31.0. The zero-order valence-corrected chi connectivity index (χ0v) is 25.9. The predicted octanol–water partition coefficient (Wildman–Crippen LogP) is 5.17. The van der Waals surface area contributed by atoms with Crippen LogP contribution in [0.4, 0.5) is 5.69 Å². The molecule has 9 heteroatoms. The first kappa shape index (κ1) is 31.6. The van der Waals surface area contributed by atoms with Crippen molar-refractivity contribution in [2.45, 2.75) is 45.3 Å². The lowest BCUT2D eigenvalue weighted by Gasteiger charge is -2.34. The molecule has 0 radical (unpaired) electrons. The van der Waals surface area contributed by atoms with Crippen molar-refractivity contribution in [2.24, 2.45) is 0 Å². The Bertz CT molecular complexity index is 1650. The molecular weight excluding hydrogens is 562 g/mol. The Kier molecular flexibility index (Phi) is 10.4. The lowest BCUT2D eigenvalue weighted by molar-refractivity contribution is -0.140. The molecule has 43 heavy (non-hydrogen) atoms. The highest BCUT2D eigenvalue weighted by atomic mass is 32.2. The van der Waals surface area contributed by atoms with Gasteiger partial charge >= 0.3 is 0 Å². The molecule has 226 valence electrons. The van der Waals surface area contributed by atoms with Crippen LogP contribution in [0.2, 0.25) is 0 Å². The molecule has 0 heterocycles. The molecule has 0 fully saturated rings. The van der Waals surface area contributed by atoms with Crippen LogP contribution >= 0.6 is 0 Å². The number of fused-ring (bicyclic) bond motifs is 1. The van der Waals surface area contributed by atoms with Crippen molar-refractivity contribution < 1.29 is 22.7 Å². The number of rotatable bonds is 13. The Morgan fingerprint density at radius 1 is 0.884 bits per heavy atom. The third-order valence-electron chi connectivity index (χ3n) is 7.47. The summed E-state index contributed by atoms with van der Waals surface area (Å²) in [6.07, 6.45) is 2.06. The second-order valence-corrected chi connectivity index (χ2v) is 12.6. The van der Waals surface area contributed by atoms with E-state index in [1.165, 1.54) is 4.90 Å². The summed E-state index contributed by atoms with van der Waals surface area (Å²) in [4.78, 5) is 29.7. The number of ether oxygens (including phenoxy) is 1. The van der Waals surface area contributed by atoms with Gasteiger partial charge < -0.3 is 15.0 Å². The molecule has 0 saturated carbocycles. The van der Waals surface area contributed by atoms with E-state index in [4.69, 9.17) is 4.74 Å². The highest BCUT2D eigenvalue weighted by Crippen LogP contribution is 2.29. The SMILES string of the molecule is CC[C@@H](C)NC(=O)[C@@H](Cc1ccccc1)N(Cc1cccc(OC)c1)C(=O)CN(c1cccc2ccccc12)S(C)(=O)=O. The highest BCUT2D eigenvalue weighted by Gasteiger charge is 2.33. The lowest BCUT2D eigenvalue weighted by atomic mass is 10.0. The number of hydrogen-bond acceptors (Lipinski definition) is 5. The van der Waals surface area contributed by atoms with Crippen molar-refractivity contribution in [3.8, 4) is 5.75 Å². The minimum atomic E-state index is -3.88. The van der Waals surface area contributed by atoms with E-state index >= 15 is 0 Å². The average molecular weight is 602 g/mol. The molecule has 4 aromatic carbocycles. The normalized spacial score (nSPS) is 12.7. The molecule has 0 aliphatic carbocycles. The van der Waals surface area contributed by atoms with Crippen LogP contribution in [0.3, 0.4) is 0 Å². The van der Waals surface area contributed by atoms with Gasteiger partial charge in [0.25, 0.3) is 0 Å². The molecule has 0 aliphatic heterocycles. The number of nitrogens with zero attached hydrogens (tertiary/aromatic N) is 2. The number of methoxy groups -OCH3 is 1. The number of nitrogens with one attached hydrogen (secondary N) is 1. The van der Waals surface area contributed by atoms with Gasteiger partial charge in [0.1, 0.15) is 18.3 Å². The first-order chi connectivity index (χ1) is 20.6. The summed E-state index contributed by atoms with van der Waals surface area (Å²) in [5, 5.41) is 4.60. The molecule has 4 rings (SSSR count). The Hall–Kier alpha value is -4.37. The van der Waals surface area contributed by atoms with E-state index in [0.717, 1.165) is 33.5 Å². The average Bonchev–Trinajstić information content (AvgIpc) is 3.01. The van der Waals surface area contributed by atoms with E-state index < -0.39 is 28.5 Å². The summed E-state index contributed by atoms with van der Waals surface area (Å²) in [5.41, 5.74) is 2.03. The molecule has 0 aliphatic rings. The van der Waals surface area contributed by atoms with Gasteiger partial charge in [0.2, 0.25) is 21.8 Å². The second kappa shape index (κ2) is 14.2. The van der Waals surface area contributed by atoms with Crippen LogP contribution in [-0.4, -0.2) is 57.1 Å². The van der Waals surface area contributed by atoms with Gasteiger partial charge in [-0.25, -0.2) is 8.42 Å². The van der Waals surface area contributed by atoms with E-state index in [1.54, 1.807) is 25.3 Å². The Morgan fingerprint density at radius 2 is 1.53 bits per heavy atom. The fourth-order valence-corrected chi connectivity index (χ4v) is 5.84.